The Bertz CT molecular complexity index is 639. The third-order valence-corrected chi connectivity index (χ3v) is 7.12. The fraction of sp³-hybridized carbons (Fsp3) is 0.500. The van der Waals surface area contributed by atoms with E-state index in [1.807, 2.05) is 6.92 Å². The highest BCUT2D eigenvalue weighted by atomic mass is 32.3. The smallest absolute Gasteiger partial charge is 0.247 e. The maximum Gasteiger partial charge on any atom is 0.247 e. The number of nitrogens with two attached hydrogens (primary N) is 1. The first kappa shape index (κ1) is 13.4. The minimum absolute atomic E-state index is 0.0492. The normalized spacial score (nSPS) is 30.4. The van der Waals surface area contributed by atoms with Crippen molar-refractivity contribution >= 4 is 39.0 Å². The quantitative estimate of drug-likeness (QED) is 0.782. The molecule has 2 aliphatic heterocycles. The van der Waals surface area contributed by atoms with Crippen molar-refractivity contribution in [3.8, 4) is 0 Å². The lowest BCUT2D eigenvalue weighted by Gasteiger charge is -2.39. The monoisotopic (exact) mass is 320 g/mol. The number of carbonyl (C=O) groups is 1. The summed E-state index contributed by atoms with van der Waals surface area (Å²) >= 11 is 2.70. The van der Waals surface area contributed by atoms with Crippen LogP contribution in [0.1, 0.15) is 18.5 Å². The van der Waals surface area contributed by atoms with Gasteiger partial charge in [0.25, 0.3) is 0 Å². The van der Waals surface area contributed by atoms with E-state index in [1.165, 1.54) is 0 Å². The van der Waals surface area contributed by atoms with Crippen LogP contribution >= 0.6 is 23.1 Å². The van der Waals surface area contributed by atoms with Crippen molar-refractivity contribution in [3.05, 3.63) is 11.6 Å². The van der Waals surface area contributed by atoms with Crippen LogP contribution in [0.5, 0.6) is 0 Å². The molecule has 104 valence electrons. The van der Waals surface area contributed by atoms with Gasteiger partial charge < -0.3 is 10.1 Å². The number of thiophene rings is 1. The van der Waals surface area contributed by atoms with Gasteiger partial charge in [-0.15, -0.1) is 23.1 Å². The Morgan fingerprint density at radius 1 is 1.53 bits per heavy atom. The molecule has 2 unspecified atom stereocenters. The maximum atomic E-state index is 11.5. The highest BCUT2D eigenvalue weighted by molar-refractivity contribution is 8.02. The molecule has 3 atom stereocenters. The molecule has 3 N–H and O–H groups in total. The first-order valence-corrected chi connectivity index (χ1v) is 8.84. The Labute approximate surface area is 118 Å². The maximum absolute atomic E-state index is 11.5. The highest BCUT2D eigenvalue weighted by Gasteiger charge is 2.41. The minimum Gasteiger partial charge on any atom is -0.365 e. The van der Waals surface area contributed by atoms with Crippen LogP contribution in [0.4, 0.5) is 0 Å². The van der Waals surface area contributed by atoms with Gasteiger partial charge in [0, 0.05) is 10.8 Å². The predicted octanol–water partition coefficient (Wildman–Crippen LogP) is 0.446. The molecule has 0 spiro atoms. The lowest BCUT2D eigenvalue weighted by Crippen LogP contribution is -2.50. The van der Waals surface area contributed by atoms with Crippen molar-refractivity contribution in [2.75, 3.05) is 6.61 Å². The minimum atomic E-state index is -3.71. The fourth-order valence-corrected chi connectivity index (χ4v) is 6.06. The van der Waals surface area contributed by atoms with Gasteiger partial charge in [0.15, 0.2) is 0 Å². The molecule has 3 rings (SSSR count). The van der Waals surface area contributed by atoms with Crippen LogP contribution in [0.15, 0.2) is 14.5 Å². The van der Waals surface area contributed by atoms with E-state index >= 15 is 0 Å². The number of rotatable bonds is 1. The molecule has 2 aliphatic rings. The van der Waals surface area contributed by atoms with Gasteiger partial charge in [-0.2, -0.15) is 0 Å². The van der Waals surface area contributed by atoms with Crippen molar-refractivity contribution in [1.82, 2.24) is 5.32 Å². The van der Waals surface area contributed by atoms with Gasteiger partial charge in [0.2, 0.25) is 15.9 Å². The summed E-state index contributed by atoms with van der Waals surface area (Å²) < 4.78 is 29.4. The number of morpholine rings is 1. The summed E-state index contributed by atoms with van der Waals surface area (Å²) in [5, 5.41) is 8.16. The SMILES string of the molecule is C[C@@H]1Sc2sc(S(N)(=O)=O)cc2C2NC(=O)COC21. The second-order valence-electron chi connectivity index (χ2n) is 4.50. The average Bonchev–Trinajstić information content (AvgIpc) is 2.72. The van der Waals surface area contributed by atoms with E-state index in [-0.39, 0.29) is 34.1 Å². The molecule has 9 heteroatoms. The second-order valence-corrected chi connectivity index (χ2v) is 8.98. The Morgan fingerprint density at radius 2 is 2.26 bits per heavy atom. The fourth-order valence-electron chi connectivity index (χ4n) is 2.28. The van der Waals surface area contributed by atoms with Crippen LogP contribution in [0.2, 0.25) is 0 Å². The van der Waals surface area contributed by atoms with E-state index in [9.17, 15) is 13.2 Å². The number of sulfonamides is 1. The molecule has 1 fully saturated rings. The number of primary sulfonamides is 1. The number of hydrogen-bond acceptors (Lipinski definition) is 6. The summed E-state index contributed by atoms with van der Waals surface area (Å²) in [6.45, 7) is 2.05. The van der Waals surface area contributed by atoms with E-state index in [0.29, 0.717) is 0 Å². The van der Waals surface area contributed by atoms with Gasteiger partial charge in [-0.05, 0) is 6.07 Å². The molecule has 1 aromatic rings. The molecule has 0 radical (unpaired) electrons. The number of amides is 1. The topological polar surface area (TPSA) is 98.5 Å². The van der Waals surface area contributed by atoms with Crippen LogP contribution < -0.4 is 10.5 Å². The first-order valence-electron chi connectivity index (χ1n) is 5.60. The zero-order valence-corrected chi connectivity index (χ0v) is 12.4. The predicted molar refractivity (Wildman–Crippen MR) is 71.6 cm³/mol. The van der Waals surface area contributed by atoms with Crippen LogP contribution in [0, 0.1) is 0 Å². The van der Waals surface area contributed by atoms with E-state index in [2.05, 4.69) is 5.32 Å². The van der Waals surface area contributed by atoms with Gasteiger partial charge in [0.05, 0.1) is 16.4 Å². The lowest BCUT2D eigenvalue weighted by molar-refractivity contribution is -0.137. The van der Waals surface area contributed by atoms with E-state index < -0.39 is 10.0 Å². The Hall–Kier alpha value is -0.610. The van der Waals surface area contributed by atoms with Crippen molar-refractivity contribution in [2.24, 2.45) is 5.14 Å². The Morgan fingerprint density at radius 3 is 2.95 bits per heavy atom. The first-order chi connectivity index (χ1) is 8.86. The number of fused-ring (bicyclic) bond motifs is 3. The van der Waals surface area contributed by atoms with Crippen molar-refractivity contribution < 1.29 is 17.9 Å². The third-order valence-electron chi connectivity index (χ3n) is 3.13. The summed E-state index contributed by atoms with van der Waals surface area (Å²) in [7, 11) is -3.71. The van der Waals surface area contributed by atoms with Crippen molar-refractivity contribution in [1.29, 1.82) is 0 Å². The van der Waals surface area contributed by atoms with Gasteiger partial charge in [0.1, 0.15) is 10.8 Å². The number of carbonyl (C=O) groups excluding carboxylic acids is 1. The standard InChI is InChI=1S/C10H12N2O4S3/c1-4-9-8(12-6(13)3-16-9)5-2-7(19(11,14)15)18-10(5)17-4/h2,4,8-9H,3H2,1H3,(H,12,13)(H2,11,14,15)/t4-,8?,9?/m0/s1. The molecule has 1 amide bonds. The zero-order valence-electron chi connectivity index (χ0n) is 9.95. The van der Waals surface area contributed by atoms with Gasteiger partial charge >= 0.3 is 0 Å². The van der Waals surface area contributed by atoms with Gasteiger partial charge in [-0.25, -0.2) is 13.6 Å². The largest absolute Gasteiger partial charge is 0.365 e. The van der Waals surface area contributed by atoms with Gasteiger partial charge in [-0.3, -0.25) is 4.79 Å². The summed E-state index contributed by atoms with van der Waals surface area (Å²) in [6, 6.07) is 1.25. The number of nitrogens with one attached hydrogen (secondary N) is 1. The third kappa shape index (κ3) is 2.29. The summed E-state index contributed by atoms with van der Waals surface area (Å²) in [6.07, 6.45) is -0.141. The number of ether oxygens (including phenoxy) is 1. The van der Waals surface area contributed by atoms with Gasteiger partial charge in [-0.1, -0.05) is 6.92 Å². The van der Waals surface area contributed by atoms with E-state index in [0.717, 1.165) is 21.1 Å². The molecular weight excluding hydrogens is 308 g/mol. The molecule has 0 aliphatic carbocycles. The summed E-state index contributed by atoms with van der Waals surface area (Å²) in [5.74, 6) is -0.186. The van der Waals surface area contributed by atoms with E-state index in [4.69, 9.17) is 9.88 Å². The average molecular weight is 320 g/mol. The molecule has 6 nitrogen and oxygen atoms in total. The second kappa shape index (κ2) is 4.45. The molecule has 0 aromatic carbocycles. The van der Waals surface area contributed by atoms with Crippen molar-refractivity contribution in [2.45, 2.75) is 32.7 Å². The lowest BCUT2D eigenvalue weighted by atomic mass is 10.00. The molecule has 0 saturated carbocycles. The molecule has 0 bridgehead atoms. The molecule has 19 heavy (non-hydrogen) atoms. The van der Waals surface area contributed by atoms with Crippen LogP contribution in [-0.2, 0) is 19.6 Å². The number of hydrogen-bond donors (Lipinski definition) is 2. The summed E-state index contributed by atoms with van der Waals surface area (Å²) in [5.41, 5.74) is 0.787. The van der Waals surface area contributed by atoms with Crippen LogP contribution in [0.25, 0.3) is 0 Å². The van der Waals surface area contributed by atoms with E-state index in [1.54, 1.807) is 17.8 Å². The molecular formula is C10H12N2O4S3. The molecule has 3 heterocycles. The highest BCUT2D eigenvalue weighted by Crippen LogP contribution is 2.47. The Kier molecular flexibility index (Phi) is 3.13. The summed E-state index contributed by atoms with van der Waals surface area (Å²) in [4.78, 5) is 11.5. The van der Waals surface area contributed by atoms with Crippen LogP contribution in [0.3, 0.4) is 0 Å². The number of thioether (sulfide) groups is 1. The molecule has 1 saturated heterocycles. The molecule has 1 aromatic heterocycles. The zero-order chi connectivity index (χ0) is 13.8. The van der Waals surface area contributed by atoms with Crippen LogP contribution in [-0.4, -0.2) is 32.3 Å². The Balaban J connectivity index is 2.06. The van der Waals surface area contributed by atoms with Crippen molar-refractivity contribution in [3.63, 3.8) is 0 Å².